The van der Waals surface area contributed by atoms with E-state index in [4.69, 9.17) is 17.3 Å². The fourth-order valence-electron chi connectivity index (χ4n) is 1.79. The van der Waals surface area contributed by atoms with E-state index < -0.39 is 5.91 Å². The van der Waals surface area contributed by atoms with Gasteiger partial charge < -0.3 is 5.11 Å². The first-order valence-electron chi connectivity index (χ1n) is 6.73. The standard InChI is InChI=1S/C16H15N3O3S/c1-10-3-2-4-12(9-10)14(21)17-16(23)19-18-15(22)11-5-7-13(20)8-6-11/h2-9,20H,1H3,(H,18,22)(H2,17,19,21,23). The van der Waals surface area contributed by atoms with Gasteiger partial charge in [0.1, 0.15) is 5.75 Å². The quantitative estimate of drug-likeness (QED) is 0.497. The molecule has 0 radical (unpaired) electrons. The molecule has 23 heavy (non-hydrogen) atoms. The summed E-state index contributed by atoms with van der Waals surface area (Å²) < 4.78 is 0. The number of hydrogen-bond acceptors (Lipinski definition) is 4. The number of phenols is 1. The predicted octanol–water partition coefficient (Wildman–Crippen LogP) is 1.65. The molecule has 0 aliphatic carbocycles. The molecule has 2 amide bonds. The van der Waals surface area contributed by atoms with E-state index in [1.54, 1.807) is 18.2 Å². The summed E-state index contributed by atoms with van der Waals surface area (Å²) in [6.45, 7) is 1.88. The van der Waals surface area contributed by atoms with E-state index in [-0.39, 0.29) is 16.8 Å². The zero-order valence-electron chi connectivity index (χ0n) is 12.3. The van der Waals surface area contributed by atoms with Crippen molar-refractivity contribution in [2.45, 2.75) is 6.92 Å². The molecule has 2 aromatic carbocycles. The lowest BCUT2D eigenvalue weighted by Gasteiger charge is -2.11. The van der Waals surface area contributed by atoms with E-state index in [0.29, 0.717) is 11.1 Å². The molecule has 0 heterocycles. The molecule has 7 heteroatoms. The van der Waals surface area contributed by atoms with Gasteiger partial charge in [-0.05, 0) is 55.5 Å². The SMILES string of the molecule is Cc1cccc(C(=O)NC(=S)NNC(=O)c2ccc(O)cc2)c1. The first kappa shape index (κ1) is 16.4. The lowest BCUT2D eigenvalue weighted by molar-refractivity contribution is 0.0934. The summed E-state index contributed by atoms with van der Waals surface area (Å²) in [5.41, 5.74) is 6.57. The third-order valence-electron chi connectivity index (χ3n) is 2.93. The van der Waals surface area contributed by atoms with Crippen LogP contribution in [0.25, 0.3) is 0 Å². The molecule has 0 aliphatic heterocycles. The van der Waals surface area contributed by atoms with Crippen LogP contribution in [0.4, 0.5) is 0 Å². The third-order valence-corrected chi connectivity index (χ3v) is 3.13. The predicted molar refractivity (Wildman–Crippen MR) is 90.0 cm³/mol. The molecule has 4 N–H and O–H groups in total. The fourth-order valence-corrected chi connectivity index (χ4v) is 1.94. The number of aryl methyl sites for hydroxylation is 1. The van der Waals surface area contributed by atoms with Crippen molar-refractivity contribution in [2.24, 2.45) is 0 Å². The zero-order valence-corrected chi connectivity index (χ0v) is 13.1. The number of nitrogens with one attached hydrogen (secondary N) is 3. The lowest BCUT2D eigenvalue weighted by atomic mass is 10.1. The maximum Gasteiger partial charge on any atom is 0.269 e. The number of rotatable bonds is 2. The minimum absolute atomic E-state index is 0.0244. The van der Waals surface area contributed by atoms with Crippen LogP contribution in [0.3, 0.4) is 0 Å². The van der Waals surface area contributed by atoms with Gasteiger partial charge in [0.25, 0.3) is 11.8 Å². The molecule has 0 aromatic heterocycles. The number of aromatic hydroxyl groups is 1. The van der Waals surface area contributed by atoms with Gasteiger partial charge in [0.2, 0.25) is 0 Å². The molecule has 0 saturated carbocycles. The van der Waals surface area contributed by atoms with Crippen LogP contribution in [0.1, 0.15) is 26.3 Å². The van der Waals surface area contributed by atoms with Gasteiger partial charge in [0.15, 0.2) is 5.11 Å². The molecule has 0 atom stereocenters. The van der Waals surface area contributed by atoms with E-state index in [2.05, 4.69) is 16.2 Å². The monoisotopic (exact) mass is 329 g/mol. The van der Waals surface area contributed by atoms with Crippen molar-refractivity contribution in [1.82, 2.24) is 16.2 Å². The van der Waals surface area contributed by atoms with E-state index in [9.17, 15) is 9.59 Å². The molecule has 0 fully saturated rings. The number of carbonyl (C=O) groups excluding carboxylic acids is 2. The third kappa shape index (κ3) is 4.79. The molecule has 118 valence electrons. The highest BCUT2D eigenvalue weighted by Crippen LogP contribution is 2.09. The molecule has 2 rings (SSSR count). The first-order chi connectivity index (χ1) is 11.0. The summed E-state index contributed by atoms with van der Waals surface area (Å²) in [7, 11) is 0. The Bertz CT molecular complexity index is 744. The van der Waals surface area contributed by atoms with Gasteiger partial charge >= 0.3 is 0 Å². The highest BCUT2D eigenvalue weighted by molar-refractivity contribution is 7.80. The van der Waals surface area contributed by atoms with Crippen molar-refractivity contribution in [3.63, 3.8) is 0 Å². The number of hydrazine groups is 1. The van der Waals surface area contributed by atoms with E-state index in [1.165, 1.54) is 24.3 Å². The normalized spacial score (nSPS) is 9.78. The lowest BCUT2D eigenvalue weighted by Crippen LogP contribution is -2.48. The molecule has 0 saturated heterocycles. The van der Waals surface area contributed by atoms with E-state index in [0.717, 1.165) is 5.56 Å². The van der Waals surface area contributed by atoms with E-state index in [1.807, 2.05) is 13.0 Å². The molecule has 6 nitrogen and oxygen atoms in total. The number of phenolic OH excluding ortho intramolecular Hbond substituents is 1. The van der Waals surface area contributed by atoms with Gasteiger partial charge in [-0.15, -0.1) is 0 Å². The van der Waals surface area contributed by atoms with Gasteiger partial charge in [-0.25, -0.2) is 0 Å². The number of thiocarbonyl (C=S) groups is 1. The van der Waals surface area contributed by atoms with Gasteiger partial charge in [-0.1, -0.05) is 17.7 Å². The van der Waals surface area contributed by atoms with Crippen LogP contribution in [-0.4, -0.2) is 22.0 Å². The molecule has 0 spiro atoms. The van der Waals surface area contributed by atoms with Crippen molar-refractivity contribution in [2.75, 3.05) is 0 Å². The van der Waals surface area contributed by atoms with Crippen LogP contribution in [-0.2, 0) is 0 Å². The molecule has 2 aromatic rings. The van der Waals surface area contributed by atoms with Crippen molar-refractivity contribution in [1.29, 1.82) is 0 Å². The van der Waals surface area contributed by atoms with E-state index >= 15 is 0 Å². The Kier molecular flexibility index (Phi) is 5.27. The largest absolute Gasteiger partial charge is 0.508 e. The fraction of sp³-hybridized carbons (Fsp3) is 0.0625. The Morgan fingerprint density at radius 2 is 1.65 bits per heavy atom. The molecule has 0 aliphatic rings. The average molecular weight is 329 g/mol. The first-order valence-corrected chi connectivity index (χ1v) is 7.14. The maximum absolute atomic E-state index is 12.0. The summed E-state index contributed by atoms with van der Waals surface area (Å²) in [5.74, 6) is -0.752. The minimum Gasteiger partial charge on any atom is -0.508 e. The average Bonchev–Trinajstić information content (AvgIpc) is 2.53. The van der Waals surface area contributed by atoms with Crippen molar-refractivity contribution in [3.8, 4) is 5.75 Å². The highest BCUT2D eigenvalue weighted by Gasteiger charge is 2.09. The Balaban J connectivity index is 1.86. The summed E-state index contributed by atoms with van der Waals surface area (Å²) in [5, 5.41) is 11.6. The smallest absolute Gasteiger partial charge is 0.269 e. The summed E-state index contributed by atoms with van der Waals surface area (Å²) in [6.07, 6.45) is 0. The Morgan fingerprint density at radius 3 is 2.30 bits per heavy atom. The second kappa shape index (κ2) is 7.37. The molecular formula is C16H15N3O3S. The number of amides is 2. The van der Waals surface area contributed by atoms with Crippen LogP contribution in [0.15, 0.2) is 48.5 Å². The van der Waals surface area contributed by atoms with Crippen molar-refractivity contribution in [3.05, 3.63) is 65.2 Å². The molecular weight excluding hydrogens is 314 g/mol. The number of carbonyl (C=O) groups is 2. The van der Waals surface area contributed by atoms with Crippen LogP contribution in [0.5, 0.6) is 5.75 Å². The summed E-state index contributed by atoms with van der Waals surface area (Å²) in [4.78, 5) is 23.8. The van der Waals surface area contributed by atoms with Gasteiger partial charge in [-0.2, -0.15) is 0 Å². The maximum atomic E-state index is 12.0. The van der Waals surface area contributed by atoms with Crippen LogP contribution >= 0.6 is 12.2 Å². The van der Waals surface area contributed by atoms with Crippen molar-refractivity contribution >= 4 is 29.1 Å². The Hall–Kier alpha value is -2.93. The van der Waals surface area contributed by atoms with Crippen molar-refractivity contribution < 1.29 is 14.7 Å². The summed E-state index contributed by atoms with van der Waals surface area (Å²) in [6, 6.07) is 12.8. The number of benzene rings is 2. The minimum atomic E-state index is -0.447. The van der Waals surface area contributed by atoms with Crippen LogP contribution in [0.2, 0.25) is 0 Å². The zero-order chi connectivity index (χ0) is 16.8. The highest BCUT2D eigenvalue weighted by atomic mass is 32.1. The molecule has 0 unspecified atom stereocenters. The van der Waals surface area contributed by atoms with Gasteiger partial charge in [0.05, 0.1) is 0 Å². The second-order valence-electron chi connectivity index (χ2n) is 4.78. The summed E-state index contributed by atoms with van der Waals surface area (Å²) >= 11 is 4.95. The second-order valence-corrected chi connectivity index (χ2v) is 5.19. The Labute approximate surface area is 138 Å². The van der Waals surface area contributed by atoms with Gasteiger partial charge in [-0.3, -0.25) is 25.8 Å². The number of hydrogen-bond donors (Lipinski definition) is 4. The van der Waals surface area contributed by atoms with Crippen LogP contribution < -0.4 is 16.2 Å². The Morgan fingerprint density at radius 1 is 0.957 bits per heavy atom. The molecule has 0 bridgehead atoms. The topological polar surface area (TPSA) is 90.5 Å². The van der Waals surface area contributed by atoms with Crippen LogP contribution in [0, 0.1) is 6.92 Å². The van der Waals surface area contributed by atoms with Gasteiger partial charge in [0, 0.05) is 11.1 Å².